The van der Waals surface area contributed by atoms with Crippen molar-refractivity contribution in [3.05, 3.63) is 59.7 Å². The Morgan fingerprint density at radius 2 is 1.53 bits per heavy atom. The second-order valence-corrected chi connectivity index (χ2v) is 9.65. The van der Waals surface area contributed by atoms with Crippen molar-refractivity contribution < 1.29 is 14.3 Å². The highest BCUT2D eigenvalue weighted by Crippen LogP contribution is 2.23. The molecular formula is C26H37N5O3. The van der Waals surface area contributed by atoms with Gasteiger partial charge in [0, 0.05) is 51.4 Å². The first kappa shape index (κ1) is 25.7. The maximum absolute atomic E-state index is 12.8. The molecule has 2 amide bonds. The van der Waals surface area contributed by atoms with E-state index in [0.29, 0.717) is 16.9 Å². The van der Waals surface area contributed by atoms with Gasteiger partial charge in [0.25, 0.3) is 5.91 Å². The molecule has 0 aromatic heterocycles. The van der Waals surface area contributed by atoms with E-state index in [4.69, 9.17) is 4.74 Å². The minimum absolute atomic E-state index is 0.243. The molecule has 0 atom stereocenters. The molecule has 1 fully saturated rings. The number of nitrogens with zero attached hydrogens (tertiary/aromatic N) is 2. The third kappa shape index (κ3) is 8.44. The summed E-state index contributed by atoms with van der Waals surface area (Å²) in [5, 5.41) is 9.05. The van der Waals surface area contributed by atoms with Crippen molar-refractivity contribution in [1.82, 2.24) is 15.1 Å². The number of para-hydroxylation sites is 2. The highest BCUT2D eigenvalue weighted by Gasteiger charge is 2.18. The predicted molar refractivity (Wildman–Crippen MR) is 136 cm³/mol. The molecule has 1 aliphatic heterocycles. The molecule has 184 valence electrons. The van der Waals surface area contributed by atoms with Crippen LogP contribution in [0.5, 0.6) is 0 Å². The summed E-state index contributed by atoms with van der Waals surface area (Å²) >= 11 is 0. The van der Waals surface area contributed by atoms with Crippen LogP contribution in [0.15, 0.2) is 48.5 Å². The van der Waals surface area contributed by atoms with Crippen LogP contribution in [0.4, 0.5) is 16.2 Å². The summed E-state index contributed by atoms with van der Waals surface area (Å²) in [5.41, 5.74) is 2.05. The molecule has 0 bridgehead atoms. The maximum Gasteiger partial charge on any atom is 0.412 e. The number of anilines is 2. The summed E-state index contributed by atoms with van der Waals surface area (Å²) in [6, 6.07) is 14.6. The van der Waals surface area contributed by atoms with E-state index in [1.54, 1.807) is 45.0 Å². The number of hydrogen-bond acceptors (Lipinski definition) is 6. The van der Waals surface area contributed by atoms with Crippen molar-refractivity contribution >= 4 is 23.4 Å². The molecular weight excluding hydrogens is 430 g/mol. The normalized spacial score (nSPS) is 15.1. The number of piperazine rings is 1. The molecule has 8 nitrogen and oxygen atoms in total. The Morgan fingerprint density at radius 1 is 0.912 bits per heavy atom. The van der Waals surface area contributed by atoms with E-state index < -0.39 is 11.7 Å². The predicted octanol–water partition coefficient (Wildman–Crippen LogP) is 3.62. The monoisotopic (exact) mass is 467 g/mol. The van der Waals surface area contributed by atoms with E-state index >= 15 is 0 Å². The molecule has 1 aliphatic rings. The zero-order chi connectivity index (χ0) is 24.6. The lowest BCUT2D eigenvalue weighted by molar-refractivity contribution is 0.0635. The van der Waals surface area contributed by atoms with Crippen LogP contribution in [0.25, 0.3) is 0 Å². The first-order chi connectivity index (χ1) is 16.2. The molecule has 3 rings (SSSR count). The summed E-state index contributed by atoms with van der Waals surface area (Å²) in [5.74, 6) is -0.243. The topological polar surface area (TPSA) is 85.9 Å². The average Bonchev–Trinajstić information content (AvgIpc) is 2.78. The number of amides is 2. The molecule has 8 heteroatoms. The number of nitrogens with one attached hydrogen (secondary N) is 3. The van der Waals surface area contributed by atoms with Crippen molar-refractivity contribution in [3.63, 3.8) is 0 Å². The third-order valence-corrected chi connectivity index (χ3v) is 5.56. The molecule has 0 saturated carbocycles. The number of carbonyl (C=O) groups is 2. The van der Waals surface area contributed by atoms with Gasteiger partial charge in [-0.1, -0.05) is 24.3 Å². The number of carbonyl (C=O) groups excluding carboxylic acids is 2. The summed E-state index contributed by atoms with van der Waals surface area (Å²) in [6.45, 7) is 12.6. The van der Waals surface area contributed by atoms with Crippen molar-refractivity contribution in [2.24, 2.45) is 0 Å². The SMILES string of the molecule is CN1CCN(CCNCc2ccc(C(=O)Nc3ccccc3NC(=O)OC(C)(C)C)cc2)CC1. The lowest BCUT2D eigenvalue weighted by Crippen LogP contribution is -2.46. The standard InChI is InChI=1S/C26H37N5O3/c1-26(2,3)34-25(33)29-23-8-6-5-7-22(23)28-24(32)21-11-9-20(10-12-21)19-27-13-14-31-17-15-30(4)16-18-31/h5-12,27H,13-19H2,1-4H3,(H,28,32)(H,29,33). The van der Waals surface area contributed by atoms with E-state index in [9.17, 15) is 9.59 Å². The second-order valence-electron chi connectivity index (χ2n) is 9.65. The van der Waals surface area contributed by atoms with Gasteiger partial charge in [-0.3, -0.25) is 15.0 Å². The number of likely N-dealkylation sites (N-methyl/N-ethyl adjacent to an activating group) is 1. The Bertz CT molecular complexity index is 948. The first-order valence-corrected chi connectivity index (χ1v) is 11.8. The Balaban J connectivity index is 1.48. The largest absolute Gasteiger partial charge is 0.444 e. The first-order valence-electron chi connectivity index (χ1n) is 11.8. The van der Waals surface area contributed by atoms with Gasteiger partial charge in [-0.05, 0) is 57.6 Å². The summed E-state index contributed by atoms with van der Waals surface area (Å²) < 4.78 is 5.31. The Morgan fingerprint density at radius 3 is 2.15 bits per heavy atom. The summed E-state index contributed by atoms with van der Waals surface area (Å²) in [4.78, 5) is 29.7. The third-order valence-electron chi connectivity index (χ3n) is 5.56. The fourth-order valence-electron chi connectivity index (χ4n) is 3.62. The maximum atomic E-state index is 12.8. The van der Waals surface area contributed by atoms with Crippen molar-refractivity contribution in [2.75, 3.05) is 56.9 Å². The number of hydrogen-bond donors (Lipinski definition) is 3. The summed E-state index contributed by atoms with van der Waals surface area (Å²) in [6.07, 6.45) is -0.571. The minimum Gasteiger partial charge on any atom is -0.444 e. The van der Waals surface area contributed by atoms with E-state index in [2.05, 4.69) is 32.8 Å². The van der Waals surface area contributed by atoms with E-state index in [1.165, 1.54) is 0 Å². The quantitative estimate of drug-likeness (QED) is 0.514. The van der Waals surface area contributed by atoms with Crippen LogP contribution in [-0.2, 0) is 11.3 Å². The molecule has 2 aromatic carbocycles. The molecule has 0 radical (unpaired) electrons. The zero-order valence-corrected chi connectivity index (χ0v) is 20.7. The molecule has 1 saturated heterocycles. The van der Waals surface area contributed by atoms with Crippen LogP contribution in [0.1, 0.15) is 36.7 Å². The smallest absolute Gasteiger partial charge is 0.412 e. The van der Waals surface area contributed by atoms with Crippen LogP contribution < -0.4 is 16.0 Å². The van der Waals surface area contributed by atoms with Crippen LogP contribution >= 0.6 is 0 Å². The lowest BCUT2D eigenvalue weighted by Gasteiger charge is -2.32. The molecule has 3 N–H and O–H groups in total. The second kappa shape index (κ2) is 12.0. The molecule has 2 aromatic rings. The number of ether oxygens (including phenoxy) is 1. The molecule has 1 heterocycles. The van der Waals surface area contributed by atoms with Gasteiger partial charge in [0.15, 0.2) is 0 Å². The molecule has 34 heavy (non-hydrogen) atoms. The number of rotatable bonds is 8. The minimum atomic E-state index is -0.608. The van der Waals surface area contributed by atoms with Crippen molar-refractivity contribution in [2.45, 2.75) is 32.9 Å². The van der Waals surface area contributed by atoms with Gasteiger partial charge in [0.2, 0.25) is 0 Å². The average molecular weight is 468 g/mol. The van der Waals surface area contributed by atoms with Gasteiger partial charge in [-0.25, -0.2) is 4.79 Å². The Kier molecular flexibility index (Phi) is 9.04. The highest BCUT2D eigenvalue weighted by atomic mass is 16.6. The number of benzene rings is 2. The molecule has 0 spiro atoms. The molecule has 0 unspecified atom stereocenters. The molecule has 0 aliphatic carbocycles. The van der Waals surface area contributed by atoms with E-state index in [0.717, 1.165) is 51.4 Å². The Hall–Kier alpha value is -2.94. The fourth-order valence-corrected chi connectivity index (χ4v) is 3.62. The van der Waals surface area contributed by atoms with Crippen LogP contribution in [0, 0.1) is 0 Å². The van der Waals surface area contributed by atoms with E-state index in [1.807, 2.05) is 24.3 Å². The fraction of sp³-hybridized carbons (Fsp3) is 0.462. The van der Waals surface area contributed by atoms with Crippen LogP contribution in [0.3, 0.4) is 0 Å². The van der Waals surface area contributed by atoms with Gasteiger partial charge >= 0.3 is 6.09 Å². The lowest BCUT2D eigenvalue weighted by atomic mass is 10.1. The van der Waals surface area contributed by atoms with Gasteiger partial charge < -0.3 is 20.3 Å². The van der Waals surface area contributed by atoms with Crippen LogP contribution in [0.2, 0.25) is 0 Å². The van der Waals surface area contributed by atoms with Crippen molar-refractivity contribution in [1.29, 1.82) is 0 Å². The van der Waals surface area contributed by atoms with Gasteiger partial charge in [-0.2, -0.15) is 0 Å². The van der Waals surface area contributed by atoms with Crippen LogP contribution in [-0.4, -0.2) is 73.7 Å². The van der Waals surface area contributed by atoms with Crippen molar-refractivity contribution in [3.8, 4) is 0 Å². The highest BCUT2D eigenvalue weighted by molar-refractivity contribution is 6.06. The van der Waals surface area contributed by atoms with E-state index in [-0.39, 0.29) is 5.91 Å². The van der Waals surface area contributed by atoms with Gasteiger partial charge in [0.05, 0.1) is 11.4 Å². The zero-order valence-electron chi connectivity index (χ0n) is 20.7. The summed E-state index contributed by atoms with van der Waals surface area (Å²) in [7, 11) is 2.17. The van der Waals surface area contributed by atoms with Gasteiger partial charge in [-0.15, -0.1) is 0 Å². The Labute approximate surface area is 202 Å². The van der Waals surface area contributed by atoms with Gasteiger partial charge in [0.1, 0.15) is 5.60 Å².